The number of aromatic nitrogens is 3. The lowest BCUT2D eigenvalue weighted by molar-refractivity contribution is -0.120. The van der Waals surface area contributed by atoms with Gasteiger partial charge in [-0.15, -0.1) is 10.2 Å². The van der Waals surface area contributed by atoms with Gasteiger partial charge in [-0.1, -0.05) is 23.9 Å². The second-order valence-corrected chi connectivity index (χ2v) is 5.86. The van der Waals surface area contributed by atoms with Crippen molar-refractivity contribution in [2.75, 3.05) is 7.11 Å². The molecule has 112 valence electrons. The second kappa shape index (κ2) is 7.12. The molecule has 0 radical (unpaired) electrons. The summed E-state index contributed by atoms with van der Waals surface area (Å²) in [6.07, 6.45) is 1.62. The molecular weight excluding hydrogens is 288 g/mol. The van der Waals surface area contributed by atoms with Crippen molar-refractivity contribution in [2.45, 2.75) is 23.9 Å². The van der Waals surface area contributed by atoms with Crippen LogP contribution < -0.4 is 10.1 Å². The Labute approximate surface area is 127 Å². The number of ether oxygens (including phenoxy) is 1. The minimum absolute atomic E-state index is 0.0289. The van der Waals surface area contributed by atoms with Crippen molar-refractivity contribution in [2.24, 2.45) is 7.05 Å². The van der Waals surface area contributed by atoms with Crippen LogP contribution in [0.25, 0.3) is 0 Å². The fourth-order valence-electron chi connectivity index (χ4n) is 1.67. The number of hydrogen-bond donors (Lipinski definition) is 1. The summed E-state index contributed by atoms with van der Waals surface area (Å²) in [6.45, 7) is 2.34. The van der Waals surface area contributed by atoms with E-state index < -0.39 is 0 Å². The maximum absolute atomic E-state index is 12.1. The van der Waals surface area contributed by atoms with E-state index in [0.717, 1.165) is 16.5 Å². The monoisotopic (exact) mass is 306 g/mol. The average molecular weight is 306 g/mol. The number of benzene rings is 1. The topological polar surface area (TPSA) is 69.0 Å². The Bertz CT molecular complexity index is 597. The molecule has 1 heterocycles. The molecule has 0 aliphatic heterocycles. The highest BCUT2D eigenvalue weighted by molar-refractivity contribution is 8.00. The Balaban J connectivity index is 1.84. The van der Waals surface area contributed by atoms with E-state index >= 15 is 0 Å². The summed E-state index contributed by atoms with van der Waals surface area (Å²) < 4.78 is 6.89. The van der Waals surface area contributed by atoms with Gasteiger partial charge < -0.3 is 14.6 Å². The van der Waals surface area contributed by atoms with Crippen molar-refractivity contribution in [1.82, 2.24) is 20.1 Å². The lowest BCUT2D eigenvalue weighted by atomic mass is 10.2. The zero-order valence-corrected chi connectivity index (χ0v) is 13.1. The molecule has 0 aliphatic rings. The third kappa shape index (κ3) is 4.22. The zero-order valence-electron chi connectivity index (χ0n) is 12.2. The Hall–Kier alpha value is -2.02. The van der Waals surface area contributed by atoms with Crippen LogP contribution in [0.2, 0.25) is 0 Å². The second-order valence-electron chi connectivity index (χ2n) is 4.55. The normalized spacial score (nSPS) is 12.0. The molecule has 2 rings (SSSR count). The Kier molecular flexibility index (Phi) is 5.21. The quantitative estimate of drug-likeness (QED) is 0.821. The molecule has 7 heteroatoms. The fourth-order valence-corrected chi connectivity index (χ4v) is 2.48. The summed E-state index contributed by atoms with van der Waals surface area (Å²) >= 11 is 1.38. The Morgan fingerprint density at radius 1 is 1.43 bits per heavy atom. The molecule has 2 aromatic rings. The molecule has 1 amide bonds. The number of thioether (sulfide) groups is 1. The molecule has 0 unspecified atom stereocenters. The maximum Gasteiger partial charge on any atom is 0.233 e. The summed E-state index contributed by atoms with van der Waals surface area (Å²) in [4.78, 5) is 12.1. The van der Waals surface area contributed by atoms with Crippen LogP contribution in [0, 0.1) is 0 Å². The molecule has 0 fully saturated rings. The predicted molar refractivity (Wildman–Crippen MR) is 81.2 cm³/mol. The van der Waals surface area contributed by atoms with Crippen LogP contribution in [-0.2, 0) is 18.4 Å². The van der Waals surface area contributed by atoms with Crippen LogP contribution in [0.1, 0.15) is 12.5 Å². The number of nitrogens with zero attached hydrogens (tertiary/aromatic N) is 3. The number of hydrogen-bond acceptors (Lipinski definition) is 5. The summed E-state index contributed by atoms with van der Waals surface area (Å²) in [5.41, 5.74) is 1.03. The molecule has 1 aromatic heterocycles. The Morgan fingerprint density at radius 3 is 2.71 bits per heavy atom. The molecule has 6 nitrogen and oxygen atoms in total. The van der Waals surface area contributed by atoms with Crippen LogP contribution in [0.15, 0.2) is 35.7 Å². The Morgan fingerprint density at radius 2 is 2.14 bits per heavy atom. The fraction of sp³-hybridized carbons (Fsp3) is 0.357. The number of amides is 1. The molecule has 1 atom stereocenters. The van der Waals surface area contributed by atoms with Crippen molar-refractivity contribution in [3.63, 3.8) is 0 Å². The van der Waals surface area contributed by atoms with Gasteiger partial charge in [0.1, 0.15) is 12.1 Å². The number of carbonyl (C=O) groups excluding carboxylic acids is 1. The summed E-state index contributed by atoms with van der Waals surface area (Å²) in [5.74, 6) is 0.773. The summed E-state index contributed by atoms with van der Waals surface area (Å²) in [7, 11) is 3.48. The van der Waals surface area contributed by atoms with Gasteiger partial charge in [-0.05, 0) is 24.6 Å². The number of aryl methyl sites for hydroxylation is 1. The molecule has 0 saturated carbocycles. The standard InChI is InChI=1S/C14H18N4O2S/c1-10(21-14-17-16-9-18(14)2)13(19)15-8-11-4-6-12(20-3)7-5-11/h4-7,9-10H,8H2,1-3H3,(H,15,19)/t10-/m1/s1. The molecule has 1 N–H and O–H groups in total. The van der Waals surface area contributed by atoms with E-state index in [1.54, 1.807) is 18.0 Å². The highest BCUT2D eigenvalue weighted by Gasteiger charge is 2.16. The summed E-state index contributed by atoms with van der Waals surface area (Å²) in [6, 6.07) is 7.61. The minimum atomic E-state index is -0.230. The van der Waals surface area contributed by atoms with Gasteiger partial charge in [0.05, 0.1) is 12.4 Å². The first-order valence-electron chi connectivity index (χ1n) is 6.51. The number of rotatable bonds is 6. The first-order valence-corrected chi connectivity index (χ1v) is 7.39. The van der Waals surface area contributed by atoms with E-state index in [9.17, 15) is 4.79 Å². The van der Waals surface area contributed by atoms with E-state index in [1.165, 1.54) is 11.8 Å². The molecule has 0 saturated heterocycles. The van der Waals surface area contributed by atoms with Crippen molar-refractivity contribution in [3.8, 4) is 5.75 Å². The molecule has 0 spiro atoms. The minimum Gasteiger partial charge on any atom is -0.497 e. The van der Waals surface area contributed by atoms with Crippen LogP contribution in [-0.4, -0.2) is 33.0 Å². The highest BCUT2D eigenvalue weighted by Crippen LogP contribution is 2.20. The van der Waals surface area contributed by atoms with Crippen molar-refractivity contribution in [1.29, 1.82) is 0 Å². The van der Waals surface area contributed by atoms with E-state index in [-0.39, 0.29) is 11.2 Å². The number of methoxy groups -OCH3 is 1. The van der Waals surface area contributed by atoms with Crippen LogP contribution in [0.5, 0.6) is 5.75 Å². The van der Waals surface area contributed by atoms with Gasteiger partial charge in [0.15, 0.2) is 5.16 Å². The van der Waals surface area contributed by atoms with E-state index in [0.29, 0.717) is 6.54 Å². The maximum atomic E-state index is 12.1. The molecule has 0 bridgehead atoms. The lowest BCUT2D eigenvalue weighted by Crippen LogP contribution is -2.30. The van der Waals surface area contributed by atoms with Gasteiger partial charge in [0, 0.05) is 13.6 Å². The van der Waals surface area contributed by atoms with Gasteiger partial charge in [-0.25, -0.2) is 0 Å². The van der Waals surface area contributed by atoms with E-state index in [1.807, 2.05) is 38.2 Å². The van der Waals surface area contributed by atoms with Crippen LogP contribution in [0.4, 0.5) is 0 Å². The van der Waals surface area contributed by atoms with Crippen molar-refractivity contribution >= 4 is 17.7 Å². The lowest BCUT2D eigenvalue weighted by Gasteiger charge is -2.11. The largest absolute Gasteiger partial charge is 0.497 e. The third-order valence-electron chi connectivity index (χ3n) is 2.95. The molecule has 21 heavy (non-hydrogen) atoms. The highest BCUT2D eigenvalue weighted by atomic mass is 32.2. The van der Waals surface area contributed by atoms with Crippen molar-refractivity contribution < 1.29 is 9.53 Å². The smallest absolute Gasteiger partial charge is 0.233 e. The van der Waals surface area contributed by atoms with Gasteiger partial charge in [-0.3, -0.25) is 4.79 Å². The van der Waals surface area contributed by atoms with E-state index in [4.69, 9.17) is 4.74 Å². The first kappa shape index (κ1) is 15.4. The SMILES string of the molecule is COc1ccc(CNC(=O)[C@@H](C)Sc2nncn2C)cc1. The molecular formula is C14H18N4O2S. The average Bonchev–Trinajstić information content (AvgIpc) is 2.90. The van der Waals surface area contributed by atoms with Gasteiger partial charge in [0.2, 0.25) is 5.91 Å². The van der Waals surface area contributed by atoms with Gasteiger partial charge in [0.25, 0.3) is 0 Å². The van der Waals surface area contributed by atoms with Gasteiger partial charge >= 0.3 is 0 Å². The van der Waals surface area contributed by atoms with Crippen molar-refractivity contribution in [3.05, 3.63) is 36.2 Å². The molecule has 0 aliphatic carbocycles. The predicted octanol–water partition coefficient (Wildman–Crippen LogP) is 1.62. The molecule has 1 aromatic carbocycles. The number of nitrogens with one attached hydrogen (secondary N) is 1. The number of carbonyl (C=O) groups is 1. The summed E-state index contributed by atoms with van der Waals surface area (Å²) in [5, 5.41) is 11.2. The third-order valence-corrected chi connectivity index (χ3v) is 4.10. The zero-order chi connectivity index (χ0) is 15.2. The van der Waals surface area contributed by atoms with Crippen LogP contribution in [0.3, 0.4) is 0 Å². The van der Waals surface area contributed by atoms with Crippen LogP contribution >= 0.6 is 11.8 Å². The first-order chi connectivity index (χ1) is 10.1. The van der Waals surface area contributed by atoms with Gasteiger partial charge in [-0.2, -0.15) is 0 Å². The van der Waals surface area contributed by atoms with E-state index in [2.05, 4.69) is 15.5 Å².